The standard InChI is InChI=1S/C22H26N4O/c1-3-26(4-2)14-13-24-22(27)20-15-25-21(16-9-11-17(23)12-10-16)19-8-6-5-7-18(19)20/h5-12,15H,3-4,13-14,23H2,1-2H3,(H,24,27). The van der Waals surface area contributed by atoms with Crippen LogP contribution in [0.15, 0.2) is 54.7 Å². The third kappa shape index (κ3) is 4.26. The van der Waals surface area contributed by atoms with Gasteiger partial charge in [0.05, 0.1) is 11.3 Å². The number of nitrogens with zero attached hydrogens (tertiary/aromatic N) is 2. The monoisotopic (exact) mass is 362 g/mol. The van der Waals surface area contributed by atoms with Crippen molar-refractivity contribution in [3.63, 3.8) is 0 Å². The minimum atomic E-state index is -0.0882. The molecule has 3 rings (SSSR count). The van der Waals surface area contributed by atoms with Gasteiger partial charge >= 0.3 is 0 Å². The van der Waals surface area contributed by atoms with Gasteiger partial charge in [-0.05, 0) is 30.6 Å². The van der Waals surface area contributed by atoms with Crippen LogP contribution in [0.25, 0.3) is 22.0 Å². The number of rotatable bonds is 7. The van der Waals surface area contributed by atoms with Gasteiger partial charge in [0, 0.05) is 35.9 Å². The van der Waals surface area contributed by atoms with Crippen LogP contribution in [0.2, 0.25) is 0 Å². The van der Waals surface area contributed by atoms with Gasteiger partial charge in [-0.2, -0.15) is 0 Å². The summed E-state index contributed by atoms with van der Waals surface area (Å²) in [4.78, 5) is 19.6. The number of amides is 1. The zero-order chi connectivity index (χ0) is 19.2. The van der Waals surface area contributed by atoms with Crippen LogP contribution in [0, 0.1) is 0 Å². The Balaban J connectivity index is 1.88. The highest BCUT2D eigenvalue weighted by Gasteiger charge is 2.14. The topological polar surface area (TPSA) is 71.2 Å². The van der Waals surface area contributed by atoms with Crippen molar-refractivity contribution in [3.05, 3.63) is 60.3 Å². The summed E-state index contributed by atoms with van der Waals surface area (Å²) in [5, 5.41) is 4.88. The number of aromatic nitrogens is 1. The van der Waals surface area contributed by atoms with Gasteiger partial charge in [-0.25, -0.2) is 0 Å². The van der Waals surface area contributed by atoms with E-state index in [1.807, 2.05) is 48.5 Å². The van der Waals surface area contributed by atoms with Gasteiger partial charge in [-0.1, -0.05) is 50.2 Å². The second-order valence-corrected chi connectivity index (χ2v) is 6.47. The highest BCUT2D eigenvalue weighted by molar-refractivity contribution is 6.09. The number of nitrogens with one attached hydrogen (secondary N) is 1. The summed E-state index contributed by atoms with van der Waals surface area (Å²) in [7, 11) is 0. The molecule has 0 radical (unpaired) electrons. The molecule has 1 heterocycles. The molecule has 1 aromatic heterocycles. The van der Waals surface area contributed by atoms with E-state index in [2.05, 4.69) is 29.0 Å². The molecule has 0 saturated carbocycles. The summed E-state index contributed by atoms with van der Waals surface area (Å²) in [5.74, 6) is -0.0882. The molecule has 0 bridgehead atoms. The molecule has 140 valence electrons. The van der Waals surface area contributed by atoms with Crippen LogP contribution in [0.5, 0.6) is 0 Å². The minimum Gasteiger partial charge on any atom is -0.399 e. The van der Waals surface area contributed by atoms with Crippen LogP contribution >= 0.6 is 0 Å². The van der Waals surface area contributed by atoms with Crippen molar-refractivity contribution in [2.75, 3.05) is 31.9 Å². The Kier molecular flexibility index (Phi) is 6.04. The third-order valence-electron chi connectivity index (χ3n) is 4.83. The van der Waals surface area contributed by atoms with Gasteiger partial charge < -0.3 is 16.0 Å². The quantitative estimate of drug-likeness (QED) is 0.631. The van der Waals surface area contributed by atoms with Gasteiger partial charge in [-0.15, -0.1) is 0 Å². The minimum absolute atomic E-state index is 0.0882. The van der Waals surface area contributed by atoms with Gasteiger partial charge in [0.2, 0.25) is 0 Å². The molecule has 1 amide bonds. The van der Waals surface area contributed by atoms with Crippen molar-refractivity contribution in [1.29, 1.82) is 0 Å². The third-order valence-corrected chi connectivity index (χ3v) is 4.83. The number of carbonyl (C=O) groups is 1. The van der Waals surface area contributed by atoms with Crippen molar-refractivity contribution in [3.8, 4) is 11.3 Å². The van der Waals surface area contributed by atoms with Crippen LogP contribution in [0.4, 0.5) is 5.69 Å². The fourth-order valence-corrected chi connectivity index (χ4v) is 3.21. The molecule has 0 unspecified atom stereocenters. The molecule has 0 aliphatic carbocycles. The lowest BCUT2D eigenvalue weighted by atomic mass is 10.0. The Labute approximate surface area is 160 Å². The van der Waals surface area contributed by atoms with E-state index in [0.717, 1.165) is 41.7 Å². The van der Waals surface area contributed by atoms with E-state index in [-0.39, 0.29) is 5.91 Å². The van der Waals surface area contributed by atoms with Gasteiger partial charge in [-0.3, -0.25) is 9.78 Å². The van der Waals surface area contributed by atoms with E-state index in [1.54, 1.807) is 6.20 Å². The number of nitrogen functional groups attached to an aromatic ring is 1. The van der Waals surface area contributed by atoms with Crippen molar-refractivity contribution < 1.29 is 4.79 Å². The number of carbonyl (C=O) groups excluding carboxylic acids is 1. The molecule has 0 spiro atoms. The lowest BCUT2D eigenvalue weighted by molar-refractivity contribution is 0.0950. The van der Waals surface area contributed by atoms with Crippen molar-refractivity contribution in [2.45, 2.75) is 13.8 Å². The summed E-state index contributed by atoms with van der Waals surface area (Å²) < 4.78 is 0. The largest absolute Gasteiger partial charge is 0.399 e. The molecule has 3 N–H and O–H groups in total. The molecule has 2 aromatic carbocycles. The maximum Gasteiger partial charge on any atom is 0.253 e. The average Bonchev–Trinajstić information content (AvgIpc) is 2.71. The molecule has 3 aromatic rings. The Morgan fingerprint density at radius 1 is 1.04 bits per heavy atom. The number of likely N-dealkylation sites (N-methyl/N-ethyl adjacent to an activating group) is 1. The van der Waals surface area contributed by atoms with E-state index in [9.17, 15) is 4.79 Å². The zero-order valence-corrected chi connectivity index (χ0v) is 15.9. The SMILES string of the molecule is CCN(CC)CCNC(=O)c1cnc(-c2ccc(N)cc2)c2ccccc12. The summed E-state index contributed by atoms with van der Waals surface area (Å²) in [6.07, 6.45) is 1.67. The maximum atomic E-state index is 12.7. The first-order chi connectivity index (χ1) is 13.1. The first-order valence-corrected chi connectivity index (χ1v) is 9.38. The van der Waals surface area contributed by atoms with Gasteiger partial charge in [0.25, 0.3) is 5.91 Å². The molecule has 5 heteroatoms. The van der Waals surface area contributed by atoms with Crippen LogP contribution < -0.4 is 11.1 Å². The molecule has 0 fully saturated rings. The Morgan fingerprint density at radius 2 is 1.70 bits per heavy atom. The number of hydrogen-bond acceptors (Lipinski definition) is 4. The molecular weight excluding hydrogens is 336 g/mol. The number of anilines is 1. The summed E-state index contributed by atoms with van der Waals surface area (Å²) in [6, 6.07) is 15.5. The normalized spacial score (nSPS) is 11.1. The number of nitrogens with two attached hydrogens (primary N) is 1. The number of pyridine rings is 1. The van der Waals surface area contributed by atoms with E-state index < -0.39 is 0 Å². The zero-order valence-electron chi connectivity index (χ0n) is 15.9. The van der Waals surface area contributed by atoms with E-state index >= 15 is 0 Å². The van der Waals surface area contributed by atoms with E-state index in [4.69, 9.17) is 5.73 Å². The highest BCUT2D eigenvalue weighted by atomic mass is 16.1. The molecule has 0 aliphatic heterocycles. The fraction of sp³-hybridized carbons (Fsp3) is 0.273. The Bertz CT molecular complexity index is 917. The van der Waals surface area contributed by atoms with E-state index in [1.165, 1.54) is 0 Å². The number of benzene rings is 2. The predicted octanol–water partition coefficient (Wildman–Crippen LogP) is 3.56. The van der Waals surface area contributed by atoms with Gasteiger partial charge in [0.1, 0.15) is 0 Å². The average molecular weight is 362 g/mol. The van der Waals surface area contributed by atoms with Crippen LogP contribution in [0.3, 0.4) is 0 Å². The molecule has 0 saturated heterocycles. The van der Waals surface area contributed by atoms with Crippen molar-refractivity contribution >= 4 is 22.4 Å². The Hall–Kier alpha value is -2.92. The fourth-order valence-electron chi connectivity index (χ4n) is 3.21. The second-order valence-electron chi connectivity index (χ2n) is 6.47. The molecule has 0 atom stereocenters. The molecule has 27 heavy (non-hydrogen) atoms. The summed E-state index contributed by atoms with van der Waals surface area (Å²) >= 11 is 0. The maximum absolute atomic E-state index is 12.7. The second kappa shape index (κ2) is 8.64. The van der Waals surface area contributed by atoms with Crippen LogP contribution in [-0.2, 0) is 0 Å². The lowest BCUT2D eigenvalue weighted by Crippen LogP contribution is -2.34. The lowest BCUT2D eigenvalue weighted by Gasteiger charge is -2.18. The predicted molar refractivity (Wildman–Crippen MR) is 112 cm³/mol. The van der Waals surface area contributed by atoms with Crippen molar-refractivity contribution in [2.24, 2.45) is 0 Å². The first-order valence-electron chi connectivity index (χ1n) is 9.38. The van der Waals surface area contributed by atoms with Crippen LogP contribution in [-0.4, -0.2) is 42.0 Å². The highest BCUT2D eigenvalue weighted by Crippen LogP contribution is 2.29. The smallest absolute Gasteiger partial charge is 0.253 e. The summed E-state index contributed by atoms with van der Waals surface area (Å²) in [5.41, 5.74) is 8.94. The first kappa shape index (κ1) is 18.9. The number of hydrogen-bond donors (Lipinski definition) is 2. The molecule has 0 aliphatic rings. The Morgan fingerprint density at radius 3 is 2.37 bits per heavy atom. The van der Waals surface area contributed by atoms with E-state index in [0.29, 0.717) is 17.8 Å². The number of fused-ring (bicyclic) bond motifs is 1. The van der Waals surface area contributed by atoms with Crippen LogP contribution in [0.1, 0.15) is 24.2 Å². The van der Waals surface area contributed by atoms with Crippen molar-refractivity contribution in [1.82, 2.24) is 15.2 Å². The molecular formula is C22H26N4O. The van der Waals surface area contributed by atoms with Gasteiger partial charge in [0.15, 0.2) is 0 Å². The molecule has 5 nitrogen and oxygen atoms in total. The summed E-state index contributed by atoms with van der Waals surface area (Å²) in [6.45, 7) is 7.67.